The van der Waals surface area contributed by atoms with E-state index in [2.05, 4.69) is 30.1 Å². The van der Waals surface area contributed by atoms with Crippen molar-refractivity contribution in [1.29, 1.82) is 0 Å². The minimum Gasteiger partial charge on any atom is -0.473 e. The average molecular weight is 384 g/mol. The van der Waals surface area contributed by atoms with Crippen molar-refractivity contribution in [3.8, 4) is 5.88 Å². The van der Waals surface area contributed by atoms with Gasteiger partial charge in [0, 0.05) is 11.3 Å². The molecule has 4 aromatic rings. The van der Waals surface area contributed by atoms with Gasteiger partial charge in [-0.3, -0.25) is 0 Å². The molecule has 0 amide bonds. The monoisotopic (exact) mass is 384 g/mol. The summed E-state index contributed by atoms with van der Waals surface area (Å²) in [7, 11) is 0. The van der Waals surface area contributed by atoms with Crippen molar-refractivity contribution < 1.29 is 9.15 Å². The molecular weight excluding hydrogens is 360 g/mol. The number of hydrogen-bond acceptors (Lipinski definition) is 4. The number of oxazole rings is 1. The van der Waals surface area contributed by atoms with Crippen LogP contribution in [0.4, 0.5) is 0 Å². The molecule has 0 bridgehead atoms. The Kier molecular flexibility index (Phi) is 5.71. The van der Waals surface area contributed by atoms with E-state index in [9.17, 15) is 0 Å². The smallest absolute Gasteiger partial charge is 0.219 e. The van der Waals surface area contributed by atoms with Gasteiger partial charge >= 0.3 is 0 Å². The molecular formula is C25H24N2O2. The second-order valence-corrected chi connectivity index (χ2v) is 6.95. The molecule has 0 atom stereocenters. The minimum atomic E-state index is 0.501. The van der Waals surface area contributed by atoms with Gasteiger partial charge in [-0.25, -0.2) is 9.97 Å². The lowest BCUT2D eigenvalue weighted by Gasteiger charge is -2.13. The number of hydrogen-bond donors (Lipinski definition) is 0. The third kappa shape index (κ3) is 4.54. The maximum Gasteiger partial charge on any atom is 0.219 e. The fourth-order valence-electron chi connectivity index (χ4n) is 3.28. The topological polar surface area (TPSA) is 48.2 Å². The second-order valence-electron chi connectivity index (χ2n) is 6.95. The van der Waals surface area contributed by atoms with E-state index in [1.54, 1.807) is 0 Å². The van der Waals surface area contributed by atoms with Gasteiger partial charge < -0.3 is 9.15 Å². The molecule has 4 heteroatoms. The molecule has 4 nitrogen and oxygen atoms in total. The zero-order valence-electron chi connectivity index (χ0n) is 16.8. The van der Waals surface area contributed by atoms with E-state index in [0.29, 0.717) is 24.8 Å². The summed E-state index contributed by atoms with van der Waals surface area (Å²) in [6.45, 7) is 4.68. The first-order valence-electron chi connectivity index (χ1n) is 9.91. The Labute approximate surface area is 170 Å². The molecule has 146 valence electrons. The van der Waals surface area contributed by atoms with Gasteiger partial charge in [-0.1, -0.05) is 55.5 Å². The fraction of sp³-hybridized carbons (Fsp3) is 0.200. The minimum absolute atomic E-state index is 0.501. The first kappa shape index (κ1) is 18.9. The Bertz CT molecular complexity index is 1100. The van der Waals surface area contributed by atoms with Gasteiger partial charge in [-0.15, -0.1) is 0 Å². The Balaban J connectivity index is 1.54. The van der Waals surface area contributed by atoms with Crippen LogP contribution in [0.1, 0.15) is 35.2 Å². The molecule has 0 N–H and O–H groups in total. The van der Waals surface area contributed by atoms with Gasteiger partial charge in [0.15, 0.2) is 5.58 Å². The lowest BCUT2D eigenvalue weighted by Crippen LogP contribution is -2.04. The Morgan fingerprint density at radius 3 is 2.55 bits per heavy atom. The van der Waals surface area contributed by atoms with Crippen LogP contribution in [0.2, 0.25) is 0 Å². The SMILES string of the molecule is CCc1cc(C/C=C/c2nc3ccccc3o2)c(OCc2ccccc2)nc1C. The number of allylic oxidation sites excluding steroid dienone is 1. The van der Waals surface area contributed by atoms with Crippen LogP contribution in [0.5, 0.6) is 5.88 Å². The van der Waals surface area contributed by atoms with Crippen molar-refractivity contribution in [3.63, 3.8) is 0 Å². The van der Waals surface area contributed by atoms with E-state index < -0.39 is 0 Å². The van der Waals surface area contributed by atoms with Crippen molar-refractivity contribution in [1.82, 2.24) is 9.97 Å². The second kappa shape index (κ2) is 8.74. The van der Waals surface area contributed by atoms with Crippen LogP contribution >= 0.6 is 0 Å². The van der Waals surface area contributed by atoms with Crippen LogP contribution in [0.25, 0.3) is 17.2 Å². The zero-order chi connectivity index (χ0) is 20.1. The number of rotatable bonds is 7. The van der Waals surface area contributed by atoms with Crippen LogP contribution in [0.15, 0.2) is 71.2 Å². The first-order chi connectivity index (χ1) is 14.2. The molecule has 2 aromatic carbocycles. The lowest BCUT2D eigenvalue weighted by atomic mass is 10.1. The molecule has 0 aliphatic heterocycles. The van der Waals surface area contributed by atoms with Crippen LogP contribution in [0.3, 0.4) is 0 Å². The fourth-order valence-corrected chi connectivity index (χ4v) is 3.28. The number of benzene rings is 2. The Hall–Kier alpha value is -3.40. The van der Waals surface area contributed by atoms with E-state index in [4.69, 9.17) is 14.1 Å². The molecule has 0 aliphatic carbocycles. The highest BCUT2D eigenvalue weighted by Crippen LogP contribution is 2.23. The normalized spacial score (nSPS) is 11.4. The number of aryl methyl sites for hydroxylation is 2. The molecule has 0 aliphatic rings. The predicted octanol–water partition coefficient (Wildman–Crippen LogP) is 5.93. The van der Waals surface area contributed by atoms with Crippen molar-refractivity contribution in [3.05, 3.63) is 95.0 Å². The molecule has 0 saturated heterocycles. The average Bonchev–Trinajstić information content (AvgIpc) is 3.17. The summed E-state index contributed by atoms with van der Waals surface area (Å²) < 4.78 is 11.8. The molecule has 2 aromatic heterocycles. The van der Waals surface area contributed by atoms with Crippen molar-refractivity contribution in [2.24, 2.45) is 0 Å². The first-order valence-corrected chi connectivity index (χ1v) is 9.91. The standard InChI is InChI=1S/C25H24N2O2/c1-3-20-16-21(12-9-15-24-27-22-13-7-8-14-23(22)29-24)25(26-18(20)2)28-17-19-10-5-4-6-11-19/h4-11,13-16H,3,12,17H2,1-2H3/b15-9+. The van der Waals surface area contributed by atoms with Crippen molar-refractivity contribution in [2.45, 2.75) is 33.3 Å². The van der Waals surface area contributed by atoms with E-state index in [1.165, 1.54) is 5.56 Å². The number of pyridine rings is 1. The summed E-state index contributed by atoms with van der Waals surface area (Å²) in [5.41, 5.74) is 6.11. The van der Waals surface area contributed by atoms with Gasteiger partial charge in [0.25, 0.3) is 0 Å². The third-order valence-corrected chi connectivity index (χ3v) is 4.87. The van der Waals surface area contributed by atoms with E-state index in [1.807, 2.05) is 61.5 Å². The number of fused-ring (bicyclic) bond motifs is 1. The maximum absolute atomic E-state index is 6.07. The summed E-state index contributed by atoms with van der Waals surface area (Å²) in [6.07, 6.45) is 5.60. The largest absolute Gasteiger partial charge is 0.473 e. The summed E-state index contributed by atoms with van der Waals surface area (Å²) in [4.78, 5) is 9.21. The highest BCUT2D eigenvalue weighted by molar-refractivity contribution is 5.73. The quantitative estimate of drug-likeness (QED) is 0.396. The lowest BCUT2D eigenvalue weighted by molar-refractivity contribution is 0.290. The highest BCUT2D eigenvalue weighted by Gasteiger charge is 2.10. The molecule has 4 rings (SSSR count). The Morgan fingerprint density at radius 2 is 1.76 bits per heavy atom. The van der Waals surface area contributed by atoms with Crippen LogP contribution in [-0.4, -0.2) is 9.97 Å². The van der Waals surface area contributed by atoms with Crippen molar-refractivity contribution in [2.75, 3.05) is 0 Å². The van der Waals surface area contributed by atoms with Gasteiger partial charge in [0.05, 0.1) is 0 Å². The van der Waals surface area contributed by atoms with Gasteiger partial charge in [0.2, 0.25) is 11.8 Å². The maximum atomic E-state index is 6.07. The van der Waals surface area contributed by atoms with E-state index in [-0.39, 0.29) is 0 Å². The van der Waals surface area contributed by atoms with Crippen LogP contribution < -0.4 is 4.74 Å². The highest BCUT2D eigenvalue weighted by atomic mass is 16.5. The molecule has 0 saturated carbocycles. The summed E-state index contributed by atoms with van der Waals surface area (Å²) in [5, 5.41) is 0. The summed E-state index contributed by atoms with van der Waals surface area (Å²) in [5.74, 6) is 1.29. The number of para-hydroxylation sites is 2. The third-order valence-electron chi connectivity index (χ3n) is 4.87. The van der Waals surface area contributed by atoms with E-state index >= 15 is 0 Å². The van der Waals surface area contributed by atoms with Gasteiger partial charge in [-0.05, 0) is 55.2 Å². The van der Waals surface area contributed by atoms with Crippen LogP contribution in [0, 0.1) is 6.92 Å². The van der Waals surface area contributed by atoms with Crippen molar-refractivity contribution >= 4 is 17.2 Å². The van der Waals surface area contributed by atoms with Gasteiger partial charge in [0.1, 0.15) is 12.1 Å². The molecule has 0 fully saturated rings. The Morgan fingerprint density at radius 1 is 0.966 bits per heavy atom. The van der Waals surface area contributed by atoms with Gasteiger partial charge in [-0.2, -0.15) is 0 Å². The summed E-state index contributed by atoms with van der Waals surface area (Å²) >= 11 is 0. The molecule has 29 heavy (non-hydrogen) atoms. The number of nitrogens with zero attached hydrogens (tertiary/aromatic N) is 2. The number of aromatic nitrogens is 2. The molecule has 0 radical (unpaired) electrons. The van der Waals surface area contributed by atoms with Crippen LogP contribution in [-0.2, 0) is 19.4 Å². The molecule has 0 unspecified atom stereocenters. The summed E-state index contributed by atoms with van der Waals surface area (Å²) in [6, 6.07) is 20.1. The number of ether oxygens (including phenoxy) is 1. The predicted molar refractivity (Wildman–Crippen MR) is 116 cm³/mol. The van der Waals surface area contributed by atoms with E-state index in [0.717, 1.165) is 34.3 Å². The molecule has 0 spiro atoms. The zero-order valence-corrected chi connectivity index (χ0v) is 16.8. The molecule has 2 heterocycles.